The molecule has 0 aliphatic carbocycles. The number of carboxylic acid groups (broad SMARTS) is 1. The topological polar surface area (TPSA) is 46.5 Å². The number of benzene rings is 1. The number of aliphatic carboxylic acids is 1. The summed E-state index contributed by atoms with van der Waals surface area (Å²) in [6, 6.07) is 5.40. The van der Waals surface area contributed by atoms with Gasteiger partial charge in [-0.1, -0.05) is 24.6 Å². The van der Waals surface area contributed by atoms with Gasteiger partial charge in [-0.2, -0.15) is 0 Å². The van der Waals surface area contributed by atoms with Gasteiger partial charge in [-0.05, 0) is 38.0 Å². The Kier molecular flexibility index (Phi) is 4.82. The van der Waals surface area contributed by atoms with Crippen LogP contribution in [0.3, 0.4) is 0 Å². The third-order valence-electron chi connectivity index (χ3n) is 2.32. The van der Waals surface area contributed by atoms with E-state index in [-0.39, 0.29) is 6.10 Å². The third-order valence-corrected chi connectivity index (χ3v) is 2.62. The average Bonchev–Trinajstić information content (AvgIpc) is 2.21. The summed E-state index contributed by atoms with van der Waals surface area (Å²) in [4.78, 5) is 10.7. The van der Waals surface area contributed by atoms with Crippen LogP contribution in [-0.4, -0.2) is 17.2 Å². The van der Waals surface area contributed by atoms with Crippen molar-refractivity contribution in [1.29, 1.82) is 0 Å². The first-order valence-electron chi connectivity index (χ1n) is 5.58. The number of hydrogen-bond acceptors (Lipinski definition) is 2. The van der Waals surface area contributed by atoms with Crippen LogP contribution in [0.25, 0.3) is 0 Å². The molecule has 3 nitrogen and oxygen atoms in total. The van der Waals surface area contributed by atoms with Gasteiger partial charge in [-0.3, -0.25) is 4.79 Å². The fourth-order valence-electron chi connectivity index (χ4n) is 1.46. The third kappa shape index (κ3) is 4.27. The van der Waals surface area contributed by atoms with Crippen LogP contribution in [0.2, 0.25) is 5.02 Å². The molecule has 0 aromatic heterocycles. The highest BCUT2D eigenvalue weighted by Crippen LogP contribution is 2.27. The van der Waals surface area contributed by atoms with Crippen molar-refractivity contribution in [3.63, 3.8) is 0 Å². The summed E-state index contributed by atoms with van der Waals surface area (Å²) < 4.78 is 5.50. The molecule has 1 rings (SSSR count). The van der Waals surface area contributed by atoms with E-state index in [1.54, 1.807) is 19.1 Å². The minimum Gasteiger partial charge on any atom is -0.489 e. The van der Waals surface area contributed by atoms with E-state index in [0.717, 1.165) is 5.56 Å². The maximum Gasteiger partial charge on any atom is 0.306 e. The molecule has 1 unspecified atom stereocenters. The fourth-order valence-corrected chi connectivity index (χ4v) is 1.71. The highest BCUT2D eigenvalue weighted by molar-refractivity contribution is 6.32. The lowest BCUT2D eigenvalue weighted by atomic mass is 10.0. The van der Waals surface area contributed by atoms with E-state index in [0.29, 0.717) is 17.2 Å². The second-order valence-corrected chi connectivity index (χ2v) is 4.78. The van der Waals surface area contributed by atoms with Crippen LogP contribution < -0.4 is 4.74 Å². The van der Waals surface area contributed by atoms with Crippen LogP contribution in [0, 0.1) is 5.92 Å². The Hall–Kier alpha value is -1.22. The normalized spacial score (nSPS) is 12.5. The second-order valence-electron chi connectivity index (χ2n) is 4.37. The van der Waals surface area contributed by atoms with Crippen LogP contribution in [0.15, 0.2) is 18.2 Å². The summed E-state index contributed by atoms with van der Waals surface area (Å²) in [5.41, 5.74) is 0.904. The number of rotatable bonds is 5. The molecule has 94 valence electrons. The average molecular weight is 257 g/mol. The molecule has 0 saturated heterocycles. The first-order valence-corrected chi connectivity index (χ1v) is 5.96. The molecular formula is C13H17ClO3. The molecule has 0 aliphatic rings. The summed E-state index contributed by atoms with van der Waals surface area (Å²) >= 11 is 6.06. The Bertz CT molecular complexity index is 402. The first kappa shape index (κ1) is 13.8. The zero-order valence-corrected chi connectivity index (χ0v) is 11.0. The van der Waals surface area contributed by atoms with E-state index in [9.17, 15) is 4.79 Å². The zero-order valence-electron chi connectivity index (χ0n) is 10.2. The van der Waals surface area contributed by atoms with E-state index < -0.39 is 11.9 Å². The van der Waals surface area contributed by atoms with Crippen LogP contribution in [0.4, 0.5) is 0 Å². The standard InChI is InChI=1S/C13H17ClO3/c1-8(2)17-12-5-4-10(7-11(12)14)6-9(3)13(15)16/h4-5,7-9H,6H2,1-3H3,(H,15,16). The summed E-state index contributed by atoms with van der Waals surface area (Å²) in [5.74, 6) is -0.583. The Balaban J connectivity index is 2.78. The van der Waals surface area contributed by atoms with Crippen LogP contribution in [-0.2, 0) is 11.2 Å². The Morgan fingerprint density at radius 2 is 2.06 bits per heavy atom. The van der Waals surface area contributed by atoms with E-state index in [1.807, 2.05) is 19.9 Å². The molecule has 0 aliphatic heterocycles. The number of carbonyl (C=O) groups is 1. The minimum atomic E-state index is -0.802. The zero-order chi connectivity index (χ0) is 13.0. The van der Waals surface area contributed by atoms with Crippen molar-refractivity contribution in [3.8, 4) is 5.75 Å². The van der Waals surface area contributed by atoms with Gasteiger partial charge in [0.05, 0.1) is 17.0 Å². The largest absolute Gasteiger partial charge is 0.489 e. The smallest absolute Gasteiger partial charge is 0.306 e. The molecule has 0 heterocycles. The summed E-state index contributed by atoms with van der Waals surface area (Å²) in [6.07, 6.45) is 0.535. The van der Waals surface area contributed by atoms with Crippen molar-refractivity contribution in [2.24, 2.45) is 5.92 Å². The van der Waals surface area contributed by atoms with Crippen LogP contribution >= 0.6 is 11.6 Å². The minimum absolute atomic E-state index is 0.0660. The van der Waals surface area contributed by atoms with Gasteiger partial charge in [0, 0.05) is 0 Å². The number of ether oxygens (including phenoxy) is 1. The molecule has 0 saturated carbocycles. The highest BCUT2D eigenvalue weighted by atomic mass is 35.5. The number of carboxylic acids is 1. The predicted molar refractivity (Wildman–Crippen MR) is 67.7 cm³/mol. The predicted octanol–water partition coefficient (Wildman–Crippen LogP) is 3.39. The van der Waals surface area contributed by atoms with Crippen molar-refractivity contribution in [1.82, 2.24) is 0 Å². The Labute approximate surface area is 106 Å². The number of halogens is 1. The molecule has 0 spiro atoms. The summed E-state index contributed by atoms with van der Waals surface area (Å²) in [7, 11) is 0. The Morgan fingerprint density at radius 3 is 2.53 bits per heavy atom. The van der Waals surface area contributed by atoms with Crippen LogP contribution in [0.1, 0.15) is 26.3 Å². The molecular weight excluding hydrogens is 240 g/mol. The molecule has 0 fully saturated rings. The SMILES string of the molecule is CC(C)Oc1ccc(CC(C)C(=O)O)cc1Cl. The molecule has 0 bridgehead atoms. The molecule has 17 heavy (non-hydrogen) atoms. The van der Waals surface area contributed by atoms with Gasteiger partial charge >= 0.3 is 5.97 Å². The van der Waals surface area contributed by atoms with Gasteiger partial charge in [0.15, 0.2) is 0 Å². The van der Waals surface area contributed by atoms with Gasteiger partial charge in [0.2, 0.25) is 0 Å². The van der Waals surface area contributed by atoms with Gasteiger partial charge < -0.3 is 9.84 Å². The van der Waals surface area contributed by atoms with Gasteiger partial charge in [-0.25, -0.2) is 0 Å². The molecule has 0 amide bonds. The lowest BCUT2D eigenvalue weighted by Gasteiger charge is -2.13. The van der Waals surface area contributed by atoms with E-state index in [2.05, 4.69) is 0 Å². The van der Waals surface area contributed by atoms with Crippen molar-refractivity contribution >= 4 is 17.6 Å². The maximum absolute atomic E-state index is 10.7. The molecule has 1 aromatic rings. The fraction of sp³-hybridized carbons (Fsp3) is 0.462. The number of hydrogen-bond donors (Lipinski definition) is 1. The summed E-state index contributed by atoms with van der Waals surface area (Å²) in [6.45, 7) is 5.53. The van der Waals surface area contributed by atoms with E-state index >= 15 is 0 Å². The lowest BCUT2D eigenvalue weighted by molar-refractivity contribution is -0.141. The van der Waals surface area contributed by atoms with Gasteiger partial charge in [0.25, 0.3) is 0 Å². The molecule has 1 atom stereocenters. The summed E-state index contributed by atoms with van der Waals surface area (Å²) in [5, 5.41) is 9.35. The maximum atomic E-state index is 10.7. The van der Waals surface area contributed by atoms with E-state index in [1.165, 1.54) is 0 Å². The Morgan fingerprint density at radius 1 is 1.41 bits per heavy atom. The molecule has 0 radical (unpaired) electrons. The first-order chi connectivity index (χ1) is 7.90. The van der Waals surface area contributed by atoms with Crippen LogP contribution in [0.5, 0.6) is 5.75 Å². The highest BCUT2D eigenvalue weighted by Gasteiger charge is 2.13. The van der Waals surface area contributed by atoms with Gasteiger partial charge in [0.1, 0.15) is 5.75 Å². The monoisotopic (exact) mass is 256 g/mol. The van der Waals surface area contributed by atoms with E-state index in [4.69, 9.17) is 21.4 Å². The van der Waals surface area contributed by atoms with Crippen molar-refractivity contribution < 1.29 is 14.6 Å². The molecule has 1 N–H and O–H groups in total. The quantitative estimate of drug-likeness (QED) is 0.878. The second kappa shape index (κ2) is 5.92. The van der Waals surface area contributed by atoms with Crippen molar-refractivity contribution in [2.75, 3.05) is 0 Å². The lowest BCUT2D eigenvalue weighted by Crippen LogP contribution is -2.12. The molecule has 4 heteroatoms. The van der Waals surface area contributed by atoms with Gasteiger partial charge in [-0.15, -0.1) is 0 Å². The van der Waals surface area contributed by atoms with Crippen molar-refractivity contribution in [2.45, 2.75) is 33.3 Å². The van der Waals surface area contributed by atoms with Crippen molar-refractivity contribution in [3.05, 3.63) is 28.8 Å². The molecule has 1 aromatic carbocycles.